The number of aryl methyl sites for hydroxylation is 1. The normalized spacial score (nSPS) is 23.9. The molecule has 0 spiro atoms. The maximum Gasteiger partial charge on any atom is 0.242 e. The summed E-state index contributed by atoms with van der Waals surface area (Å²) in [5.74, 6) is 1.02. The molecule has 1 heterocycles. The lowest BCUT2D eigenvalue weighted by Crippen LogP contribution is -2.31. The minimum absolute atomic E-state index is 0.228. The first-order chi connectivity index (χ1) is 8.95. The molecule has 1 aliphatic carbocycles. The van der Waals surface area contributed by atoms with Gasteiger partial charge in [-0.25, -0.2) is 13.1 Å². The first-order valence-electron chi connectivity index (χ1n) is 6.63. The van der Waals surface area contributed by atoms with Gasteiger partial charge in [0, 0.05) is 6.54 Å². The Morgan fingerprint density at radius 3 is 2.79 bits per heavy atom. The molecule has 1 fully saturated rings. The monoisotopic (exact) mass is 303 g/mol. The van der Waals surface area contributed by atoms with Gasteiger partial charge in [0.2, 0.25) is 10.0 Å². The fourth-order valence-electron chi connectivity index (χ4n) is 2.77. The van der Waals surface area contributed by atoms with Crippen LogP contribution >= 0.6 is 11.3 Å². The summed E-state index contributed by atoms with van der Waals surface area (Å²) in [5, 5.41) is 11.0. The van der Waals surface area contributed by atoms with Crippen LogP contribution in [0.3, 0.4) is 0 Å². The van der Waals surface area contributed by atoms with Gasteiger partial charge in [-0.3, -0.25) is 0 Å². The summed E-state index contributed by atoms with van der Waals surface area (Å²) in [6, 6.07) is 0. The van der Waals surface area contributed by atoms with Gasteiger partial charge in [0.1, 0.15) is 4.90 Å². The number of hydrogen-bond acceptors (Lipinski definition) is 4. The highest BCUT2D eigenvalue weighted by Gasteiger charge is 2.27. The molecule has 1 aromatic rings. The van der Waals surface area contributed by atoms with E-state index >= 15 is 0 Å². The predicted octanol–water partition coefficient (Wildman–Crippen LogP) is 2.26. The van der Waals surface area contributed by atoms with E-state index in [-0.39, 0.29) is 11.5 Å². The maximum absolute atomic E-state index is 12.3. The fraction of sp³-hybridized carbons (Fsp3) is 0.692. The first-order valence-corrected chi connectivity index (χ1v) is 8.99. The molecule has 6 heteroatoms. The van der Waals surface area contributed by atoms with Crippen LogP contribution in [0.2, 0.25) is 0 Å². The van der Waals surface area contributed by atoms with Crippen molar-refractivity contribution >= 4 is 21.4 Å². The van der Waals surface area contributed by atoms with Crippen molar-refractivity contribution in [2.24, 2.45) is 11.8 Å². The van der Waals surface area contributed by atoms with E-state index in [1.54, 1.807) is 12.3 Å². The van der Waals surface area contributed by atoms with E-state index in [0.29, 0.717) is 28.8 Å². The van der Waals surface area contributed by atoms with Crippen molar-refractivity contribution < 1.29 is 13.5 Å². The standard InChI is InChI=1S/C13H21NO3S2/c1-9-4-3-5-11(9)6-14-19(16,17)13-10(2)8-18-12(13)7-15/h8-9,11,14-15H,3-7H2,1-2H3. The van der Waals surface area contributed by atoms with Crippen LogP contribution in [0.25, 0.3) is 0 Å². The third kappa shape index (κ3) is 3.18. The zero-order valence-electron chi connectivity index (χ0n) is 11.3. The Kier molecular flexibility index (Phi) is 4.66. The van der Waals surface area contributed by atoms with Crippen LogP contribution in [0, 0.1) is 18.8 Å². The van der Waals surface area contributed by atoms with E-state index < -0.39 is 10.0 Å². The molecule has 2 unspecified atom stereocenters. The Morgan fingerprint density at radius 1 is 1.47 bits per heavy atom. The molecular formula is C13H21NO3S2. The Balaban J connectivity index is 2.12. The second-order valence-corrected chi connectivity index (χ2v) is 8.02. The number of aliphatic hydroxyl groups excluding tert-OH is 1. The quantitative estimate of drug-likeness (QED) is 0.877. The van der Waals surface area contributed by atoms with Crippen LogP contribution in [-0.2, 0) is 16.6 Å². The van der Waals surface area contributed by atoms with Gasteiger partial charge in [0.05, 0.1) is 11.5 Å². The lowest BCUT2D eigenvalue weighted by atomic mass is 9.99. The number of hydrogen-bond donors (Lipinski definition) is 2. The lowest BCUT2D eigenvalue weighted by molar-refractivity contribution is 0.282. The van der Waals surface area contributed by atoms with Crippen LogP contribution in [-0.4, -0.2) is 20.1 Å². The van der Waals surface area contributed by atoms with Crippen molar-refractivity contribution in [1.29, 1.82) is 0 Å². The second-order valence-electron chi connectivity index (χ2n) is 5.35. The smallest absolute Gasteiger partial charge is 0.242 e. The predicted molar refractivity (Wildman–Crippen MR) is 76.7 cm³/mol. The minimum atomic E-state index is -3.50. The third-order valence-electron chi connectivity index (χ3n) is 3.98. The highest BCUT2D eigenvalue weighted by Crippen LogP contribution is 2.31. The van der Waals surface area contributed by atoms with Crippen molar-refractivity contribution in [3.63, 3.8) is 0 Å². The molecule has 0 aliphatic heterocycles. The summed E-state index contributed by atoms with van der Waals surface area (Å²) in [7, 11) is -3.50. The zero-order chi connectivity index (χ0) is 14.0. The molecule has 1 aliphatic rings. The van der Waals surface area contributed by atoms with Crippen molar-refractivity contribution in [1.82, 2.24) is 4.72 Å². The summed E-state index contributed by atoms with van der Waals surface area (Å²) in [6.45, 7) is 4.22. The Morgan fingerprint density at radius 2 is 2.21 bits per heavy atom. The van der Waals surface area contributed by atoms with Gasteiger partial charge in [0.15, 0.2) is 0 Å². The second kappa shape index (κ2) is 5.91. The van der Waals surface area contributed by atoms with Gasteiger partial charge in [-0.15, -0.1) is 11.3 Å². The van der Waals surface area contributed by atoms with E-state index in [2.05, 4.69) is 11.6 Å². The maximum atomic E-state index is 12.3. The Bertz CT molecular complexity index is 536. The molecule has 0 amide bonds. The number of rotatable bonds is 5. The van der Waals surface area contributed by atoms with E-state index in [9.17, 15) is 13.5 Å². The molecule has 4 nitrogen and oxygen atoms in total. The molecule has 1 saturated carbocycles. The average Bonchev–Trinajstić information content (AvgIpc) is 2.93. The number of aliphatic hydroxyl groups is 1. The van der Waals surface area contributed by atoms with E-state index in [0.717, 1.165) is 6.42 Å². The van der Waals surface area contributed by atoms with Gasteiger partial charge in [-0.1, -0.05) is 19.8 Å². The highest BCUT2D eigenvalue weighted by atomic mass is 32.2. The molecule has 19 heavy (non-hydrogen) atoms. The summed E-state index contributed by atoms with van der Waals surface area (Å²) < 4.78 is 27.4. The SMILES string of the molecule is Cc1csc(CO)c1S(=O)(=O)NCC1CCCC1C. The third-order valence-corrected chi connectivity index (χ3v) is 6.85. The summed E-state index contributed by atoms with van der Waals surface area (Å²) in [6.07, 6.45) is 3.47. The van der Waals surface area contributed by atoms with Crippen LogP contribution in [0.15, 0.2) is 10.3 Å². The van der Waals surface area contributed by atoms with Gasteiger partial charge in [0.25, 0.3) is 0 Å². The van der Waals surface area contributed by atoms with Crippen LogP contribution in [0.5, 0.6) is 0 Å². The topological polar surface area (TPSA) is 66.4 Å². The number of nitrogens with one attached hydrogen (secondary N) is 1. The number of thiophene rings is 1. The van der Waals surface area contributed by atoms with Crippen molar-refractivity contribution in [2.75, 3.05) is 6.54 Å². The van der Waals surface area contributed by atoms with Crippen molar-refractivity contribution in [3.8, 4) is 0 Å². The van der Waals surface area contributed by atoms with E-state index in [1.807, 2.05) is 0 Å². The van der Waals surface area contributed by atoms with Crippen molar-refractivity contribution in [3.05, 3.63) is 15.8 Å². The van der Waals surface area contributed by atoms with Gasteiger partial charge in [-0.2, -0.15) is 0 Å². The molecule has 0 bridgehead atoms. The van der Waals surface area contributed by atoms with E-state index in [1.165, 1.54) is 24.2 Å². The summed E-state index contributed by atoms with van der Waals surface area (Å²) >= 11 is 1.29. The largest absolute Gasteiger partial charge is 0.391 e. The molecule has 2 rings (SSSR count). The van der Waals surface area contributed by atoms with Gasteiger partial charge in [-0.05, 0) is 36.1 Å². The first kappa shape index (κ1) is 15.0. The van der Waals surface area contributed by atoms with Gasteiger partial charge < -0.3 is 5.11 Å². The lowest BCUT2D eigenvalue weighted by Gasteiger charge is -2.16. The van der Waals surface area contributed by atoms with Crippen molar-refractivity contribution in [2.45, 2.75) is 44.6 Å². The molecule has 2 atom stereocenters. The van der Waals surface area contributed by atoms with Gasteiger partial charge >= 0.3 is 0 Å². The Hall–Kier alpha value is -0.430. The minimum Gasteiger partial charge on any atom is -0.391 e. The van der Waals surface area contributed by atoms with E-state index in [4.69, 9.17) is 0 Å². The average molecular weight is 303 g/mol. The Labute approximate surface area is 118 Å². The summed E-state index contributed by atoms with van der Waals surface area (Å²) in [4.78, 5) is 0.787. The number of sulfonamides is 1. The van der Waals surface area contributed by atoms with Crippen LogP contribution < -0.4 is 4.72 Å². The molecule has 0 radical (unpaired) electrons. The molecular weight excluding hydrogens is 282 g/mol. The molecule has 1 aromatic heterocycles. The molecule has 2 N–H and O–H groups in total. The highest BCUT2D eigenvalue weighted by molar-refractivity contribution is 7.89. The van der Waals surface area contributed by atoms with Crippen LogP contribution in [0.4, 0.5) is 0 Å². The fourth-order valence-corrected chi connectivity index (χ4v) is 5.52. The van der Waals surface area contributed by atoms with Crippen LogP contribution in [0.1, 0.15) is 36.6 Å². The summed E-state index contributed by atoms with van der Waals surface area (Å²) in [5.41, 5.74) is 0.709. The molecule has 108 valence electrons. The zero-order valence-corrected chi connectivity index (χ0v) is 13.0. The molecule has 0 aromatic carbocycles. The molecule has 0 saturated heterocycles.